The third kappa shape index (κ3) is 5.31. The molecule has 2 saturated heterocycles. The standard InChI is InChI=1S/C27H30O14/c1-9-17(30)20(33)22(35)26(37-9)39-13-7-14(29)16-15(8-13)40-24(11-3-5-12(28)6-4-11)25(19(16)32)41-27-23(36)21(34)18(31)10(2)38-27/h3-10,17-18,20-23,26-31,33-36H,1-2H3/t9-,10-,17+,18+,20-,21-,22-,23-,26-,27-/m0/s1. The maximum absolute atomic E-state index is 13.7. The minimum atomic E-state index is -1.76. The summed E-state index contributed by atoms with van der Waals surface area (Å²) in [5.41, 5.74) is -0.865. The number of hydrogen-bond acceptors (Lipinski definition) is 14. The Morgan fingerprint density at radius 2 is 1.24 bits per heavy atom. The molecule has 0 amide bonds. The van der Waals surface area contributed by atoms with Gasteiger partial charge in [0.2, 0.25) is 23.8 Å². The molecule has 10 atom stereocenters. The first kappa shape index (κ1) is 29.0. The highest BCUT2D eigenvalue weighted by molar-refractivity contribution is 5.88. The molecule has 3 aromatic rings. The Bertz CT molecular complexity index is 1460. The molecule has 2 fully saturated rings. The molecule has 0 radical (unpaired) electrons. The second-order valence-electron chi connectivity index (χ2n) is 10.1. The second-order valence-corrected chi connectivity index (χ2v) is 10.1. The zero-order chi connectivity index (χ0) is 29.7. The Morgan fingerprint density at radius 3 is 1.80 bits per heavy atom. The third-order valence-corrected chi connectivity index (χ3v) is 7.14. The van der Waals surface area contributed by atoms with E-state index >= 15 is 0 Å². The highest BCUT2D eigenvalue weighted by atomic mass is 16.7. The topological polar surface area (TPSA) is 229 Å². The zero-order valence-electron chi connectivity index (χ0n) is 21.8. The zero-order valence-corrected chi connectivity index (χ0v) is 21.8. The molecule has 2 aliphatic rings. The molecule has 5 rings (SSSR count). The molecular formula is C27H30O14. The van der Waals surface area contributed by atoms with Gasteiger partial charge in [0, 0.05) is 17.7 Å². The maximum Gasteiger partial charge on any atom is 0.239 e. The monoisotopic (exact) mass is 578 g/mol. The van der Waals surface area contributed by atoms with Crippen LogP contribution in [0.15, 0.2) is 45.6 Å². The summed E-state index contributed by atoms with van der Waals surface area (Å²) in [6.07, 6.45) is -14.3. The van der Waals surface area contributed by atoms with Gasteiger partial charge < -0.3 is 64.2 Å². The summed E-state index contributed by atoms with van der Waals surface area (Å²) in [7, 11) is 0. The molecule has 222 valence electrons. The summed E-state index contributed by atoms with van der Waals surface area (Å²) < 4.78 is 28.2. The predicted molar refractivity (Wildman–Crippen MR) is 137 cm³/mol. The van der Waals surface area contributed by atoms with Gasteiger partial charge in [-0.25, -0.2) is 0 Å². The van der Waals surface area contributed by atoms with Gasteiger partial charge in [-0.2, -0.15) is 0 Å². The van der Waals surface area contributed by atoms with Gasteiger partial charge in [0.25, 0.3) is 0 Å². The highest BCUT2D eigenvalue weighted by Crippen LogP contribution is 2.38. The Balaban J connectivity index is 1.58. The Hall–Kier alpha value is -3.47. The van der Waals surface area contributed by atoms with Gasteiger partial charge in [0.1, 0.15) is 64.8 Å². The molecule has 0 aliphatic carbocycles. The van der Waals surface area contributed by atoms with Crippen molar-refractivity contribution in [1.29, 1.82) is 0 Å². The van der Waals surface area contributed by atoms with Crippen LogP contribution >= 0.6 is 0 Å². The number of hydrogen-bond donors (Lipinski definition) is 8. The molecule has 41 heavy (non-hydrogen) atoms. The lowest BCUT2D eigenvalue weighted by molar-refractivity contribution is -0.268. The van der Waals surface area contributed by atoms with Gasteiger partial charge in [-0.15, -0.1) is 0 Å². The van der Waals surface area contributed by atoms with E-state index in [0.717, 1.165) is 6.07 Å². The number of phenolic OH excluding ortho intramolecular Hbond substituents is 2. The van der Waals surface area contributed by atoms with Crippen LogP contribution in [-0.2, 0) is 9.47 Å². The number of aliphatic hydroxyl groups is 6. The molecule has 0 bridgehead atoms. The number of aromatic hydroxyl groups is 2. The summed E-state index contributed by atoms with van der Waals surface area (Å²) in [6.45, 7) is 2.90. The molecule has 0 spiro atoms. The van der Waals surface area contributed by atoms with E-state index in [1.54, 1.807) is 0 Å². The summed E-state index contributed by atoms with van der Waals surface area (Å²) in [5, 5.41) is 81.1. The summed E-state index contributed by atoms with van der Waals surface area (Å²) in [4.78, 5) is 13.7. The first-order valence-electron chi connectivity index (χ1n) is 12.7. The third-order valence-electron chi connectivity index (χ3n) is 7.14. The van der Waals surface area contributed by atoms with Crippen LogP contribution in [0.5, 0.6) is 23.0 Å². The number of ether oxygens (including phenoxy) is 4. The lowest BCUT2D eigenvalue weighted by Crippen LogP contribution is -2.58. The van der Waals surface area contributed by atoms with Crippen molar-refractivity contribution in [2.45, 2.75) is 75.3 Å². The van der Waals surface area contributed by atoms with Gasteiger partial charge in [0.05, 0.1) is 12.2 Å². The second kappa shape index (κ2) is 11.1. The number of rotatable bonds is 5. The fourth-order valence-corrected chi connectivity index (χ4v) is 4.71. The van der Waals surface area contributed by atoms with E-state index in [2.05, 4.69) is 0 Å². The van der Waals surface area contributed by atoms with Gasteiger partial charge in [-0.1, -0.05) is 0 Å². The van der Waals surface area contributed by atoms with Crippen molar-refractivity contribution in [1.82, 2.24) is 0 Å². The molecule has 14 heteroatoms. The normalized spacial score (nSPS) is 34.0. The van der Waals surface area contributed by atoms with E-state index in [9.17, 15) is 45.6 Å². The number of aliphatic hydroxyl groups excluding tert-OH is 6. The predicted octanol–water partition coefficient (Wildman–Crippen LogP) is -0.716. The van der Waals surface area contributed by atoms with Crippen LogP contribution in [0.25, 0.3) is 22.3 Å². The summed E-state index contributed by atoms with van der Waals surface area (Å²) in [6, 6.07) is 7.71. The average molecular weight is 579 g/mol. The van der Waals surface area contributed by atoms with E-state index in [1.807, 2.05) is 0 Å². The van der Waals surface area contributed by atoms with Gasteiger partial charge in [-0.3, -0.25) is 4.79 Å². The quantitative estimate of drug-likeness (QED) is 0.187. The lowest BCUT2D eigenvalue weighted by Gasteiger charge is -2.39. The van der Waals surface area contributed by atoms with Crippen molar-refractivity contribution in [3.63, 3.8) is 0 Å². The summed E-state index contributed by atoms with van der Waals surface area (Å²) >= 11 is 0. The van der Waals surface area contributed by atoms with Crippen LogP contribution in [0.4, 0.5) is 0 Å². The van der Waals surface area contributed by atoms with Crippen LogP contribution in [-0.4, -0.2) is 102 Å². The molecule has 0 unspecified atom stereocenters. The molecule has 0 saturated carbocycles. The number of phenols is 2. The largest absolute Gasteiger partial charge is 0.508 e. The smallest absolute Gasteiger partial charge is 0.239 e. The van der Waals surface area contributed by atoms with Crippen LogP contribution in [0, 0.1) is 0 Å². The van der Waals surface area contributed by atoms with Crippen molar-refractivity contribution in [3.05, 3.63) is 46.6 Å². The fourth-order valence-electron chi connectivity index (χ4n) is 4.71. The molecule has 1 aromatic heterocycles. The van der Waals surface area contributed by atoms with Crippen molar-refractivity contribution < 1.29 is 64.2 Å². The number of benzene rings is 2. The SMILES string of the molecule is C[C@@H]1O[C@@H](Oc2cc(O)c3c(=O)c(O[C@@H]4O[C@@H](C)[C@@H](O)[C@H](O)[C@@H]4O)c(-c4ccc(O)cc4)oc3c2)[C@@H](O)[C@@H](O)[C@@H]1O. The Kier molecular flexibility index (Phi) is 7.84. The first-order valence-corrected chi connectivity index (χ1v) is 12.7. The van der Waals surface area contributed by atoms with Gasteiger partial charge >= 0.3 is 0 Å². The Morgan fingerprint density at radius 1 is 0.707 bits per heavy atom. The minimum absolute atomic E-state index is 0.0859. The molecule has 3 heterocycles. The van der Waals surface area contributed by atoms with E-state index < -0.39 is 78.3 Å². The minimum Gasteiger partial charge on any atom is -0.508 e. The summed E-state index contributed by atoms with van der Waals surface area (Å²) in [5.74, 6) is -1.55. The van der Waals surface area contributed by atoms with Crippen LogP contribution < -0.4 is 14.9 Å². The van der Waals surface area contributed by atoms with E-state index in [0.29, 0.717) is 0 Å². The molecule has 2 aromatic carbocycles. The van der Waals surface area contributed by atoms with Crippen molar-refractivity contribution in [3.8, 4) is 34.3 Å². The van der Waals surface area contributed by atoms with Gasteiger partial charge in [0.15, 0.2) is 5.76 Å². The first-order chi connectivity index (χ1) is 19.4. The molecule has 8 N–H and O–H groups in total. The van der Waals surface area contributed by atoms with Crippen LogP contribution in [0.3, 0.4) is 0 Å². The fraction of sp³-hybridized carbons (Fsp3) is 0.444. The molecule has 14 nitrogen and oxygen atoms in total. The van der Waals surface area contributed by atoms with E-state index in [4.69, 9.17) is 23.4 Å². The van der Waals surface area contributed by atoms with Crippen molar-refractivity contribution >= 4 is 11.0 Å². The van der Waals surface area contributed by atoms with Crippen molar-refractivity contribution in [2.75, 3.05) is 0 Å². The van der Waals surface area contributed by atoms with Crippen LogP contribution in [0.2, 0.25) is 0 Å². The maximum atomic E-state index is 13.7. The lowest BCUT2D eigenvalue weighted by atomic mass is 10.00. The molecule has 2 aliphatic heterocycles. The Labute approximate surface area is 231 Å². The van der Waals surface area contributed by atoms with Crippen molar-refractivity contribution in [2.24, 2.45) is 0 Å². The highest BCUT2D eigenvalue weighted by Gasteiger charge is 2.45. The van der Waals surface area contributed by atoms with Gasteiger partial charge in [-0.05, 0) is 38.1 Å². The van der Waals surface area contributed by atoms with Crippen LogP contribution in [0.1, 0.15) is 13.8 Å². The number of fused-ring (bicyclic) bond motifs is 1. The van der Waals surface area contributed by atoms with E-state index in [1.165, 1.54) is 44.2 Å². The van der Waals surface area contributed by atoms with E-state index in [-0.39, 0.29) is 33.8 Å². The molecular weight excluding hydrogens is 548 g/mol. The average Bonchev–Trinajstić information content (AvgIpc) is 2.93.